The highest BCUT2D eigenvalue weighted by Gasteiger charge is 2.24. The molecule has 0 spiro atoms. The SMILES string of the molecule is COCCNCCC=C(C)CC1Cc2ccccc21. The van der Waals surface area contributed by atoms with Crippen molar-refractivity contribution in [2.24, 2.45) is 0 Å². The van der Waals surface area contributed by atoms with Crippen LogP contribution in [0.3, 0.4) is 0 Å². The third-order valence-electron chi connectivity index (χ3n) is 3.83. The second-order valence-electron chi connectivity index (χ2n) is 5.39. The molecule has 0 heterocycles. The van der Waals surface area contributed by atoms with Crippen molar-refractivity contribution in [2.45, 2.75) is 32.1 Å². The van der Waals surface area contributed by atoms with Crippen molar-refractivity contribution in [1.29, 1.82) is 0 Å². The maximum Gasteiger partial charge on any atom is 0.0587 e. The lowest BCUT2D eigenvalue weighted by Gasteiger charge is -2.30. The Balaban J connectivity index is 1.66. The summed E-state index contributed by atoms with van der Waals surface area (Å²) in [7, 11) is 1.74. The minimum Gasteiger partial charge on any atom is -0.383 e. The van der Waals surface area contributed by atoms with Gasteiger partial charge < -0.3 is 10.1 Å². The standard InChI is InChI=1S/C17H25NO/c1-14(6-5-9-18-10-11-19-2)12-16-13-15-7-3-4-8-17(15)16/h3-4,6-8,16,18H,5,9-13H2,1-2H3. The molecular formula is C17H25NO. The fourth-order valence-corrected chi connectivity index (χ4v) is 2.74. The number of nitrogens with one attached hydrogen (secondary N) is 1. The first-order valence-electron chi connectivity index (χ1n) is 7.24. The van der Waals surface area contributed by atoms with Crippen molar-refractivity contribution in [3.63, 3.8) is 0 Å². The van der Waals surface area contributed by atoms with E-state index in [9.17, 15) is 0 Å². The van der Waals surface area contributed by atoms with Gasteiger partial charge in [-0.1, -0.05) is 35.9 Å². The minimum absolute atomic E-state index is 0.758. The summed E-state index contributed by atoms with van der Waals surface area (Å²) in [6, 6.07) is 8.83. The van der Waals surface area contributed by atoms with Gasteiger partial charge in [0, 0.05) is 13.7 Å². The second-order valence-corrected chi connectivity index (χ2v) is 5.39. The average molecular weight is 259 g/mol. The molecule has 1 atom stereocenters. The highest BCUT2D eigenvalue weighted by Crippen LogP contribution is 2.38. The number of fused-ring (bicyclic) bond motifs is 1. The van der Waals surface area contributed by atoms with Crippen LogP contribution in [-0.2, 0) is 11.2 Å². The number of hydrogen-bond donors (Lipinski definition) is 1. The van der Waals surface area contributed by atoms with Crippen molar-refractivity contribution in [1.82, 2.24) is 5.32 Å². The third kappa shape index (κ3) is 4.19. The fourth-order valence-electron chi connectivity index (χ4n) is 2.74. The number of allylic oxidation sites excluding steroid dienone is 1. The lowest BCUT2D eigenvalue weighted by atomic mass is 9.74. The molecule has 0 aromatic heterocycles. The van der Waals surface area contributed by atoms with Gasteiger partial charge in [0.1, 0.15) is 0 Å². The molecule has 104 valence electrons. The van der Waals surface area contributed by atoms with Gasteiger partial charge in [-0.15, -0.1) is 0 Å². The van der Waals surface area contributed by atoms with Crippen molar-refractivity contribution in [3.8, 4) is 0 Å². The van der Waals surface area contributed by atoms with E-state index >= 15 is 0 Å². The fraction of sp³-hybridized carbons (Fsp3) is 0.529. The van der Waals surface area contributed by atoms with Crippen LogP contribution in [0.2, 0.25) is 0 Å². The van der Waals surface area contributed by atoms with Gasteiger partial charge in [-0.2, -0.15) is 0 Å². The topological polar surface area (TPSA) is 21.3 Å². The molecule has 1 unspecified atom stereocenters. The highest BCUT2D eigenvalue weighted by atomic mass is 16.5. The molecule has 2 rings (SSSR count). The zero-order valence-electron chi connectivity index (χ0n) is 12.1. The molecule has 1 aliphatic rings. The first-order valence-corrected chi connectivity index (χ1v) is 7.24. The molecule has 1 aliphatic carbocycles. The maximum atomic E-state index is 5.00. The first kappa shape index (κ1) is 14.3. The van der Waals surface area contributed by atoms with E-state index in [-0.39, 0.29) is 0 Å². The van der Waals surface area contributed by atoms with Gasteiger partial charge in [-0.25, -0.2) is 0 Å². The maximum absolute atomic E-state index is 5.00. The Labute approximate surface area is 116 Å². The summed E-state index contributed by atoms with van der Waals surface area (Å²) in [5, 5.41) is 3.37. The minimum atomic E-state index is 0.758. The Morgan fingerprint density at radius 2 is 2.21 bits per heavy atom. The van der Waals surface area contributed by atoms with Crippen LogP contribution in [0.1, 0.15) is 36.8 Å². The summed E-state index contributed by atoms with van der Waals surface area (Å²) in [6.07, 6.45) is 5.97. The number of hydrogen-bond acceptors (Lipinski definition) is 2. The number of methoxy groups -OCH3 is 1. The Bertz CT molecular complexity index is 425. The number of rotatable bonds is 8. The van der Waals surface area contributed by atoms with Gasteiger partial charge >= 0.3 is 0 Å². The monoisotopic (exact) mass is 259 g/mol. The Morgan fingerprint density at radius 1 is 1.37 bits per heavy atom. The van der Waals surface area contributed by atoms with Crippen LogP contribution >= 0.6 is 0 Å². The van der Waals surface area contributed by atoms with E-state index in [1.54, 1.807) is 18.2 Å². The van der Waals surface area contributed by atoms with E-state index in [0.717, 1.165) is 32.0 Å². The highest BCUT2D eigenvalue weighted by molar-refractivity contribution is 5.40. The Morgan fingerprint density at radius 3 is 3.00 bits per heavy atom. The zero-order chi connectivity index (χ0) is 13.5. The van der Waals surface area contributed by atoms with Crippen LogP contribution in [0.15, 0.2) is 35.9 Å². The van der Waals surface area contributed by atoms with E-state index in [0.29, 0.717) is 0 Å². The molecule has 19 heavy (non-hydrogen) atoms. The average Bonchev–Trinajstić information content (AvgIpc) is 2.40. The van der Waals surface area contributed by atoms with Crippen molar-refractivity contribution in [2.75, 3.05) is 26.8 Å². The van der Waals surface area contributed by atoms with Gasteiger partial charge in [-0.3, -0.25) is 0 Å². The van der Waals surface area contributed by atoms with Crippen LogP contribution in [0.5, 0.6) is 0 Å². The quantitative estimate of drug-likeness (QED) is 0.571. The molecule has 0 fully saturated rings. The Kier molecular flexibility index (Phi) is 5.62. The van der Waals surface area contributed by atoms with E-state index in [4.69, 9.17) is 4.74 Å². The molecular weight excluding hydrogens is 234 g/mol. The first-order chi connectivity index (χ1) is 9.31. The summed E-state index contributed by atoms with van der Waals surface area (Å²) in [5.41, 5.74) is 4.63. The van der Waals surface area contributed by atoms with Gasteiger partial charge in [0.05, 0.1) is 6.61 Å². The molecule has 0 aliphatic heterocycles. The molecule has 0 bridgehead atoms. The van der Waals surface area contributed by atoms with Crippen LogP contribution in [-0.4, -0.2) is 26.8 Å². The third-order valence-corrected chi connectivity index (χ3v) is 3.83. The largest absolute Gasteiger partial charge is 0.383 e. The molecule has 2 nitrogen and oxygen atoms in total. The molecule has 0 saturated carbocycles. The van der Waals surface area contributed by atoms with E-state index < -0.39 is 0 Å². The van der Waals surface area contributed by atoms with Gasteiger partial charge in [0.25, 0.3) is 0 Å². The smallest absolute Gasteiger partial charge is 0.0587 e. The molecule has 1 aromatic rings. The van der Waals surface area contributed by atoms with Gasteiger partial charge in [0.2, 0.25) is 0 Å². The molecule has 2 heteroatoms. The van der Waals surface area contributed by atoms with Crippen molar-refractivity contribution >= 4 is 0 Å². The summed E-state index contributed by atoms with van der Waals surface area (Å²) in [4.78, 5) is 0. The summed E-state index contributed by atoms with van der Waals surface area (Å²) in [5.74, 6) is 0.758. The number of benzene rings is 1. The van der Waals surface area contributed by atoms with Crippen molar-refractivity contribution in [3.05, 3.63) is 47.0 Å². The van der Waals surface area contributed by atoms with Crippen molar-refractivity contribution < 1.29 is 4.74 Å². The van der Waals surface area contributed by atoms with Crippen LogP contribution in [0, 0.1) is 0 Å². The summed E-state index contributed by atoms with van der Waals surface area (Å²) < 4.78 is 5.00. The van der Waals surface area contributed by atoms with Gasteiger partial charge in [-0.05, 0) is 49.8 Å². The molecule has 1 aromatic carbocycles. The van der Waals surface area contributed by atoms with E-state index in [2.05, 4.69) is 42.6 Å². The lowest BCUT2D eigenvalue weighted by molar-refractivity contribution is 0.199. The van der Waals surface area contributed by atoms with Crippen LogP contribution in [0.4, 0.5) is 0 Å². The normalized spacial score (nSPS) is 18.0. The zero-order valence-corrected chi connectivity index (χ0v) is 12.1. The van der Waals surface area contributed by atoms with Crippen LogP contribution < -0.4 is 5.32 Å². The molecule has 0 radical (unpaired) electrons. The van der Waals surface area contributed by atoms with E-state index in [1.165, 1.54) is 18.4 Å². The molecule has 1 N–H and O–H groups in total. The van der Waals surface area contributed by atoms with Gasteiger partial charge in [0.15, 0.2) is 0 Å². The number of ether oxygens (including phenoxy) is 1. The molecule has 0 amide bonds. The van der Waals surface area contributed by atoms with Crippen LogP contribution in [0.25, 0.3) is 0 Å². The lowest BCUT2D eigenvalue weighted by Crippen LogP contribution is -2.20. The van der Waals surface area contributed by atoms with E-state index in [1.807, 2.05) is 0 Å². The summed E-state index contributed by atoms with van der Waals surface area (Å²) >= 11 is 0. The Hall–Kier alpha value is -1.12. The predicted octanol–water partition coefficient (Wildman–Crippen LogP) is 3.29. The predicted molar refractivity (Wildman–Crippen MR) is 80.6 cm³/mol. The summed E-state index contributed by atoms with van der Waals surface area (Å²) in [6.45, 7) is 5.04. The molecule has 0 saturated heterocycles. The second kappa shape index (κ2) is 7.46.